The highest BCUT2D eigenvalue weighted by atomic mass is 16.2. The summed E-state index contributed by atoms with van der Waals surface area (Å²) in [4.78, 5) is 34.3. The van der Waals surface area contributed by atoms with Gasteiger partial charge in [-0.15, -0.1) is 16.6 Å². The van der Waals surface area contributed by atoms with Crippen molar-refractivity contribution < 1.29 is 4.79 Å². The van der Waals surface area contributed by atoms with Gasteiger partial charge in [0.15, 0.2) is 5.82 Å². The van der Waals surface area contributed by atoms with Crippen LogP contribution >= 0.6 is 0 Å². The molecule has 9 nitrogen and oxygen atoms in total. The number of amides is 1. The maximum absolute atomic E-state index is 13.0. The maximum Gasteiger partial charge on any atom is 0.263 e. The van der Waals surface area contributed by atoms with Crippen LogP contribution in [0.2, 0.25) is 0 Å². The van der Waals surface area contributed by atoms with E-state index in [9.17, 15) is 9.59 Å². The number of nitrogens with one attached hydrogen (secondary N) is 1. The van der Waals surface area contributed by atoms with Gasteiger partial charge in [0, 0.05) is 36.6 Å². The lowest BCUT2D eigenvalue weighted by Crippen LogP contribution is -2.27. The van der Waals surface area contributed by atoms with Gasteiger partial charge in [0.2, 0.25) is 0 Å². The highest BCUT2D eigenvalue weighted by molar-refractivity contribution is 6.04. The fourth-order valence-electron chi connectivity index (χ4n) is 3.30. The summed E-state index contributed by atoms with van der Waals surface area (Å²) in [5, 5.41) is 10.8. The van der Waals surface area contributed by atoms with Crippen LogP contribution in [0.15, 0.2) is 59.9 Å². The molecule has 0 radical (unpaired) electrons. The molecule has 1 amide bonds. The Bertz CT molecular complexity index is 1430. The largest absolute Gasteiger partial charge is 0.317 e. The van der Waals surface area contributed by atoms with E-state index in [2.05, 4.69) is 31.4 Å². The quantitative estimate of drug-likeness (QED) is 0.479. The number of pyridine rings is 3. The van der Waals surface area contributed by atoms with Crippen molar-refractivity contribution in [3.63, 3.8) is 0 Å². The van der Waals surface area contributed by atoms with Crippen molar-refractivity contribution in [2.24, 2.45) is 7.05 Å². The Morgan fingerprint density at radius 2 is 2.00 bits per heavy atom. The zero-order chi connectivity index (χ0) is 23.5. The molecule has 4 aromatic rings. The van der Waals surface area contributed by atoms with Gasteiger partial charge in [0.05, 0.1) is 0 Å². The standard InChI is InChI=1S/C24H21N7O2/c1-5-18-10-9-16(12-25-18)17-11-19(24(33)30(4)13-17)23(32)28-21-8-6-7-20(27-21)22-29-26-14-31(22)15(2)3/h1,6-15H,2-4H3,(H,27,28,32). The van der Waals surface area contributed by atoms with E-state index in [1.807, 2.05) is 18.4 Å². The van der Waals surface area contributed by atoms with Crippen molar-refractivity contribution in [1.82, 2.24) is 29.3 Å². The average Bonchev–Trinajstić information content (AvgIpc) is 3.31. The molecule has 33 heavy (non-hydrogen) atoms. The predicted octanol–water partition coefficient (Wildman–Crippen LogP) is 2.92. The van der Waals surface area contributed by atoms with E-state index in [0.717, 1.165) is 5.56 Å². The van der Waals surface area contributed by atoms with E-state index in [1.165, 1.54) is 10.6 Å². The van der Waals surface area contributed by atoms with Gasteiger partial charge in [-0.1, -0.05) is 12.0 Å². The monoisotopic (exact) mass is 439 g/mol. The number of rotatable bonds is 5. The van der Waals surface area contributed by atoms with Crippen LogP contribution in [0.3, 0.4) is 0 Å². The van der Waals surface area contributed by atoms with E-state index in [0.29, 0.717) is 28.6 Å². The first kappa shape index (κ1) is 21.6. The van der Waals surface area contributed by atoms with Crippen molar-refractivity contribution in [1.29, 1.82) is 0 Å². The lowest BCUT2D eigenvalue weighted by Gasteiger charge is -2.11. The zero-order valence-electron chi connectivity index (χ0n) is 18.4. The Balaban J connectivity index is 1.65. The van der Waals surface area contributed by atoms with Gasteiger partial charge in [0.1, 0.15) is 29.1 Å². The molecule has 0 saturated carbocycles. The molecule has 0 aliphatic carbocycles. The van der Waals surface area contributed by atoms with Crippen molar-refractivity contribution in [2.45, 2.75) is 19.9 Å². The highest BCUT2D eigenvalue weighted by Crippen LogP contribution is 2.21. The van der Waals surface area contributed by atoms with Crippen molar-refractivity contribution in [3.05, 3.63) is 76.7 Å². The minimum absolute atomic E-state index is 0.0198. The van der Waals surface area contributed by atoms with E-state index >= 15 is 0 Å². The van der Waals surface area contributed by atoms with E-state index in [4.69, 9.17) is 6.42 Å². The van der Waals surface area contributed by atoms with Gasteiger partial charge < -0.3 is 14.5 Å². The van der Waals surface area contributed by atoms with Gasteiger partial charge in [0.25, 0.3) is 11.5 Å². The van der Waals surface area contributed by atoms with Crippen molar-refractivity contribution in [2.75, 3.05) is 5.32 Å². The summed E-state index contributed by atoms with van der Waals surface area (Å²) >= 11 is 0. The molecule has 4 aromatic heterocycles. The normalized spacial score (nSPS) is 10.8. The predicted molar refractivity (Wildman–Crippen MR) is 124 cm³/mol. The first-order valence-electron chi connectivity index (χ1n) is 10.2. The topological polar surface area (TPSA) is 108 Å². The first-order valence-corrected chi connectivity index (χ1v) is 10.2. The molecule has 9 heteroatoms. The number of carbonyl (C=O) groups excluding carboxylic acids is 1. The lowest BCUT2D eigenvalue weighted by atomic mass is 10.1. The number of aromatic nitrogens is 6. The Morgan fingerprint density at radius 3 is 2.70 bits per heavy atom. The smallest absolute Gasteiger partial charge is 0.263 e. The SMILES string of the molecule is C#Cc1ccc(-c2cc(C(=O)Nc3cccc(-c4nncn4C(C)C)n3)c(=O)n(C)c2)cn1. The Labute approximate surface area is 190 Å². The third-order valence-electron chi connectivity index (χ3n) is 5.02. The third kappa shape index (κ3) is 4.41. The van der Waals surface area contributed by atoms with Crippen LogP contribution in [0.5, 0.6) is 0 Å². The van der Waals surface area contributed by atoms with Gasteiger partial charge in [-0.2, -0.15) is 0 Å². The van der Waals surface area contributed by atoms with Crippen LogP contribution in [0, 0.1) is 12.3 Å². The first-order chi connectivity index (χ1) is 15.9. The zero-order valence-corrected chi connectivity index (χ0v) is 18.4. The van der Waals surface area contributed by atoms with Crippen LogP contribution in [0.25, 0.3) is 22.6 Å². The van der Waals surface area contributed by atoms with Crippen LogP contribution in [-0.4, -0.2) is 35.2 Å². The Hall–Kier alpha value is -4.58. The van der Waals surface area contributed by atoms with E-state index in [1.54, 1.807) is 56.1 Å². The molecule has 0 saturated heterocycles. The minimum atomic E-state index is -0.569. The number of hydrogen-bond acceptors (Lipinski definition) is 6. The van der Waals surface area contributed by atoms with Gasteiger partial charge >= 0.3 is 0 Å². The van der Waals surface area contributed by atoms with Crippen LogP contribution in [-0.2, 0) is 7.05 Å². The van der Waals surface area contributed by atoms with Gasteiger partial charge in [-0.05, 0) is 44.2 Å². The van der Waals surface area contributed by atoms with Crippen molar-refractivity contribution in [3.8, 4) is 35.0 Å². The lowest BCUT2D eigenvalue weighted by molar-refractivity contribution is 0.102. The molecule has 0 atom stereocenters. The molecule has 0 aromatic carbocycles. The molecule has 0 aliphatic rings. The molecule has 0 aliphatic heterocycles. The summed E-state index contributed by atoms with van der Waals surface area (Å²) in [6.07, 6.45) is 10.2. The molecule has 164 valence electrons. The molecule has 0 bridgehead atoms. The summed E-state index contributed by atoms with van der Waals surface area (Å²) in [5.41, 5.74) is 1.99. The summed E-state index contributed by atoms with van der Waals surface area (Å²) in [6, 6.07) is 10.4. The second-order valence-corrected chi connectivity index (χ2v) is 7.65. The molecular weight excluding hydrogens is 418 g/mol. The number of carbonyl (C=O) groups is 1. The summed E-state index contributed by atoms with van der Waals surface area (Å²) in [5.74, 6) is 2.77. The second-order valence-electron chi connectivity index (χ2n) is 7.65. The minimum Gasteiger partial charge on any atom is -0.317 e. The summed E-state index contributed by atoms with van der Waals surface area (Å²) < 4.78 is 3.24. The molecule has 0 fully saturated rings. The molecular formula is C24H21N7O2. The molecule has 4 heterocycles. The molecule has 4 rings (SSSR count). The number of hydrogen-bond donors (Lipinski definition) is 1. The van der Waals surface area contributed by atoms with Crippen LogP contribution < -0.4 is 10.9 Å². The fraction of sp³-hybridized carbons (Fsp3) is 0.167. The number of anilines is 1. The maximum atomic E-state index is 13.0. The fourth-order valence-corrected chi connectivity index (χ4v) is 3.30. The molecule has 0 spiro atoms. The Morgan fingerprint density at radius 1 is 1.18 bits per heavy atom. The highest BCUT2D eigenvalue weighted by Gasteiger charge is 2.17. The average molecular weight is 439 g/mol. The molecule has 1 N–H and O–H groups in total. The number of nitrogens with zero attached hydrogens (tertiary/aromatic N) is 6. The Kier molecular flexibility index (Phi) is 5.83. The van der Waals surface area contributed by atoms with Crippen LogP contribution in [0.4, 0.5) is 5.82 Å². The van der Waals surface area contributed by atoms with E-state index in [-0.39, 0.29) is 11.6 Å². The summed E-state index contributed by atoms with van der Waals surface area (Å²) in [6.45, 7) is 4.02. The third-order valence-corrected chi connectivity index (χ3v) is 5.02. The number of terminal acetylenes is 1. The molecule has 0 unspecified atom stereocenters. The number of aryl methyl sites for hydroxylation is 1. The van der Waals surface area contributed by atoms with Crippen molar-refractivity contribution >= 4 is 11.7 Å². The second kappa shape index (κ2) is 8.88. The van der Waals surface area contributed by atoms with Gasteiger partial charge in [-0.25, -0.2) is 9.97 Å². The van der Waals surface area contributed by atoms with Crippen LogP contribution in [0.1, 0.15) is 35.9 Å². The summed E-state index contributed by atoms with van der Waals surface area (Å²) in [7, 11) is 1.59. The van der Waals surface area contributed by atoms with E-state index < -0.39 is 11.5 Å². The van der Waals surface area contributed by atoms with Gasteiger partial charge in [-0.3, -0.25) is 9.59 Å².